The first-order valence-corrected chi connectivity index (χ1v) is 8.47. The zero-order chi connectivity index (χ0) is 18.8. The van der Waals surface area contributed by atoms with E-state index >= 15 is 0 Å². The first-order chi connectivity index (χ1) is 12.4. The molecular formula is C20H22N2O4. The molecule has 136 valence electrons. The Labute approximate surface area is 152 Å². The SMILES string of the molecule is COc1ccc2ccccc2c1[C@H]1NC(=O)NC(C)=C1C(=O)OC(C)C. The molecule has 1 aliphatic heterocycles. The van der Waals surface area contributed by atoms with Gasteiger partial charge >= 0.3 is 12.0 Å². The Morgan fingerprint density at radius 2 is 1.88 bits per heavy atom. The Morgan fingerprint density at radius 1 is 1.15 bits per heavy atom. The Morgan fingerprint density at radius 3 is 2.58 bits per heavy atom. The highest BCUT2D eigenvalue weighted by Crippen LogP contribution is 2.38. The quantitative estimate of drug-likeness (QED) is 0.825. The molecule has 0 radical (unpaired) electrons. The van der Waals surface area contributed by atoms with Crippen molar-refractivity contribution in [1.29, 1.82) is 0 Å². The van der Waals surface area contributed by atoms with Gasteiger partial charge in [0.25, 0.3) is 0 Å². The van der Waals surface area contributed by atoms with E-state index in [1.807, 2.05) is 36.4 Å². The lowest BCUT2D eigenvalue weighted by Crippen LogP contribution is -2.45. The molecule has 2 aromatic carbocycles. The van der Waals surface area contributed by atoms with Crippen molar-refractivity contribution < 1.29 is 19.1 Å². The smallest absolute Gasteiger partial charge is 0.338 e. The van der Waals surface area contributed by atoms with E-state index < -0.39 is 12.0 Å². The number of amides is 2. The van der Waals surface area contributed by atoms with Crippen LogP contribution in [-0.2, 0) is 9.53 Å². The van der Waals surface area contributed by atoms with Crippen molar-refractivity contribution in [2.45, 2.75) is 32.9 Å². The minimum atomic E-state index is -0.670. The summed E-state index contributed by atoms with van der Waals surface area (Å²) in [6.45, 7) is 5.27. The molecule has 6 nitrogen and oxygen atoms in total. The first kappa shape index (κ1) is 17.8. The van der Waals surface area contributed by atoms with Gasteiger partial charge in [-0.2, -0.15) is 0 Å². The van der Waals surface area contributed by atoms with E-state index in [0.717, 1.165) is 16.3 Å². The summed E-state index contributed by atoms with van der Waals surface area (Å²) in [5.74, 6) is 0.128. The van der Waals surface area contributed by atoms with Gasteiger partial charge in [0.05, 0.1) is 24.8 Å². The number of esters is 1. The summed E-state index contributed by atoms with van der Waals surface area (Å²) in [6.07, 6.45) is -0.268. The number of carbonyl (C=O) groups is 2. The topological polar surface area (TPSA) is 76.7 Å². The van der Waals surface area contributed by atoms with E-state index in [4.69, 9.17) is 9.47 Å². The van der Waals surface area contributed by atoms with Crippen LogP contribution in [0.1, 0.15) is 32.4 Å². The Hall–Kier alpha value is -3.02. The van der Waals surface area contributed by atoms with E-state index in [0.29, 0.717) is 17.0 Å². The number of nitrogens with one attached hydrogen (secondary N) is 2. The molecule has 0 saturated heterocycles. The van der Waals surface area contributed by atoms with Crippen LogP contribution in [0.3, 0.4) is 0 Å². The molecule has 1 heterocycles. The molecule has 1 atom stereocenters. The van der Waals surface area contributed by atoms with Crippen molar-refractivity contribution in [1.82, 2.24) is 10.6 Å². The van der Waals surface area contributed by atoms with Gasteiger partial charge in [-0.15, -0.1) is 0 Å². The fraction of sp³-hybridized carbons (Fsp3) is 0.300. The molecule has 0 fully saturated rings. The zero-order valence-electron chi connectivity index (χ0n) is 15.3. The summed E-state index contributed by atoms with van der Waals surface area (Å²) in [7, 11) is 1.57. The van der Waals surface area contributed by atoms with E-state index in [-0.39, 0.29) is 12.1 Å². The Bertz CT molecular complexity index is 902. The maximum absolute atomic E-state index is 12.7. The van der Waals surface area contributed by atoms with Crippen LogP contribution < -0.4 is 15.4 Å². The molecule has 2 aromatic rings. The van der Waals surface area contributed by atoms with E-state index in [1.54, 1.807) is 27.9 Å². The number of fused-ring (bicyclic) bond motifs is 1. The van der Waals surface area contributed by atoms with Crippen LogP contribution in [0.15, 0.2) is 47.7 Å². The highest BCUT2D eigenvalue weighted by Gasteiger charge is 2.35. The molecule has 0 aliphatic carbocycles. The number of hydrogen-bond donors (Lipinski definition) is 2. The lowest BCUT2D eigenvalue weighted by molar-refractivity contribution is -0.143. The normalized spacial score (nSPS) is 17.1. The predicted octanol–water partition coefficient (Wildman–Crippen LogP) is 3.43. The molecular weight excluding hydrogens is 332 g/mol. The number of allylic oxidation sites excluding steroid dienone is 1. The fourth-order valence-electron chi connectivity index (χ4n) is 3.21. The lowest BCUT2D eigenvalue weighted by Gasteiger charge is -2.30. The maximum atomic E-state index is 12.7. The molecule has 6 heteroatoms. The number of methoxy groups -OCH3 is 1. The standard InChI is InChI=1S/C20H22N2O4/c1-11(2)26-19(23)16-12(3)21-20(24)22-18(16)17-14-8-6-5-7-13(14)9-10-15(17)25-4/h5-11,18H,1-4H3,(H2,21,22,24)/t18-/m0/s1. The summed E-state index contributed by atoms with van der Waals surface area (Å²) < 4.78 is 10.9. The average Bonchev–Trinajstić information content (AvgIpc) is 2.59. The second kappa shape index (κ2) is 7.07. The van der Waals surface area contributed by atoms with Crippen LogP contribution in [0.5, 0.6) is 5.75 Å². The van der Waals surface area contributed by atoms with Crippen molar-refractivity contribution in [3.63, 3.8) is 0 Å². The summed E-state index contributed by atoms with van der Waals surface area (Å²) in [5.41, 5.74) is 1.57. The molecule has 2 amide bonds. The van der Waals surface area contributed by atoms with Crippen LogP contribution >= 0.6 is 0 Å². The molecule has 3 rings (SSSR count). The second-order valence-electron chi connectivity index (χ2n) is 6.43. The number of hydrogen-bond acceptors (Lipinski definition) is 4. The first-order valence-electron chi connectivity index (χ1n) is 8.47. The van der Waals surface area contributed by atoms with Crippen LogP contribution in [-0.4, -0.2) is 25.2 Å². The fourth-order valence-corrected chi connectivity index (χ4v) is 3.21. The number of ether oxygens (including phenoxy) is 2. The number of carbonyl (C=O) groups excluding carboxylic acids is 2. The Kier molecular flexibility index (Phi) is 4.84. The summed E-state index contributed by atoms with van der Waals surface area (Å²) in [4.78, 5) is 24.9. The van der Waals surface area contributed by atoms with Gasteiger partial charge in [0.15, 0.2) is 0 Å². The van der Waals surface area contributed by atoms with Crippen LogP contribution in [0.2, 0.25) is 0 Å². The van der Waals surface area contributed by atoms with Gasteiger partial charge in [-0.3, -0.25) is 0 Å². The molecule has 0 unspecified atom stereocenters. The van der Waals surface area contributed by atoms with Crippen molar-refractivity contribution in [2.75, 3.05) is 7.11 Å². The molecule has 0 bridgehead atoms. The molecule has 1 aliphatic rings. The molecule has 0 aromatic heterocycles. The van der Waals surface area contributed by atoms with E-state index in [2.05, 4.69) is 10.6 Å². The zero-order valence-corrected chi connectivity index (χ0v) is 15.3. The van der Waals surface area contributed by atoms with Crippen LogP contribution in [0, 0.1) is 0 Å². The van der Waals surface area contributed by atoms with Gasteiger partial charge in [0, 0.05) is 11.3 Å². The van der Waals surface area contributed by atoms with Gasteiger partial charge in [-0.25, -0.2) is 9.59 Å². The van der Waals surface area contributed by atoms with Crippen molar-refractivity contribution in [2.24, 2.45) is 0 Å². The number of urea groups is 1. The van der Waals surface area contributed by atoms with Crippen LogP contribution in [0.4, 0.5) is 4.79 Å². The van der Waals surface area contributed by atoms with Gasteiger partial charge in [0.1, 0.15) is 5.75 Å². The molecule has 0 saturated carbocycles. The summed E-state index contributed by atoms with van der Waals surface area (Å²) in [6, 6.07) is 10.5. The number of rotatable bonds is 4. The minimum absolute atomic E-state index is 0.268. The van der Waals surface area contributed by atoms with Crippen LogP contribution in [0.25, 0.3) is 10.8 Å². The average molecular weight is 354 g/mol. The van der Waals surface area contributed by atoms with Crippen molar-refractivity contribution in [3.05, 3.63) is 53.2 Å². The summed E-state index contributed by atoms with van der Waals surface area (Å²) >= 11 is 0. The van der Waals surface area contributed by atoms with Crippen molar-refractivity contribution in [3.8, 4) is 5.75 Å². The molecule has 26 heavy (non-hydrogen) atoms. The van der Waals surface area contributed by atoms with Gasteiger partial charge < -0.3 is 20.1 Å². The second-order valence-corrected chi connectivity index (χ2v) is 6.43. The minimum Gasteiger partial charge on any atom is -0.496 e. The van der Waals surface area contributed by atoms with Gasteiger partial charge in [-0.1, -0.05) is 30.3 Å². The maximum Gasteiger partial charge on any atom is 0.338 e. The highest BCUT2D eigenvalue weighted by atomic mass is 16.5. The highest BCUT2D eigenvalue weighted by molar-refractivity contribution is 5.98. The largest absolute Gasteiger partial charge is 0.496 e. The molecule has 0 spiro atoms. The third-order valence-corrected chi connectivity index (χ3v) is 4.27. The van der Waals surface area contributed by atoms with E-state index in [9.17, 15) is 9.59 Å². The van der Waals surface area contributed by atoms with Crippen molar-refractivity contribution >= 4 is 22.8 Å². The monoisotopic (exact) mass is 354 g/mol. The third-order valence-electron chi connectivity index (χ3n) is 4.27. The van der Waals surface area contributed by atoms with Gasteiger partial charge in [0.2, 0.25) is 0 Å². The Balaban J connectivity index is 2.22. The van der Waals surface area contributed by atoms with Gasteiger partial charge in [-0.05, 0) is 37.6 Å². The summed E-state index contributed by atoms with van der Waals surface area (Å²) in [5, 5.41) is 7.40. The predicted molar refractivity (Wildman–Crippen MR) is 98.8 cm³/mol. The lowest BCUT2D eigenvalue weighted by atomic mass is 9.90. The molecule has 2 N–H and O–H groups in total. The number of benzene rings is 2. The van der Waals surface area contributed by atoms with E-state index in [1.165, 1.54) is 0 Å². The third kappa shape index (κ3) is 3.22.